The molecule has 6 nitrogen and oxygen atoms in total. The molecule has 26 heavy (non-hydrogen) atoms. The van der Waals surface area contributed by atoms with Crippen LogP contribution in [-0.2, 0) is 14.6 Å². The van der Waals surface area contributed by atoms with Crippen LogP contribution in [-0.4, -0.2) is 40.8 Å². The SMILES string of the molecule is O=C(NO)C1(S(=O)(=O)c2ccc(Sc3ccncc3)cc2)CCSCC1. The molecule has 0 radical (unpaired) electrons. The van der Waals surface area contributed by atoms with E-state index in [9.17, 15) is 13.2 Å². The smallest absolute Gasteiger partial charge is 0.265 e. The van der Waals surface area contributed by atoms with E-state index in [0.717, 1.165) is 9.79 Å². The van der Waals surface area contributed by atoms with E-state index in [-0.39, 0.29) is 17.7 Å². The highest BCUT2D eigenvalue weighted by molar-refractivity contribution is 8.00. The van der Waals surface area contributed by atoms with Crippen LogP contribution >= 0.6 is 23.5 Å². The molecule has 1 aromatic heterocycles. The van der Waals surface area contributed by atoms with Crippen molar-refractivity contribution in [2.75, 3.05) is 11.5 Å². The topological polar surface area (TPSA) is 96.4 Å². The van der Waals surface area contributed by atoms with Gasteiger partial charge in [-0.1, -0.05) is 11.8 Å². The van der Waals surface area contributed by atoms with Gasteiger partial charge in [0.1, 0.15) is 0 Å². The highest BCUT2D eigenvalue weighted by atomic mass is 32.2. The zero-order valence-corrected chi connectivity index (χ0v) is 16.2. The summed E-state index contributed by atoms with van der Waals surface area (Å²) in [7, 11) is -3.93. The van der Waals surface area contributed by atoms with Gasteiger partial charge in [0.05, 0.1) is 4.90 Å². The predicted octanol–water partition coefficient (Wildman–Crippen LogP) is 2.78. The van der Waals surface area contributed by atoms with Crippen LogP contribution in [0.15, 0.2) is 63.5 Å². The number of carbonyl (C=O) groups excluding carboxylic acids is 1. The molecule has 1 fully saturated rings. The molecular formula is C17H18N2O4S3. The summed E-state index contributed by atoms with van der Waals surface area (Å²) in [6, 6.07) is 10.2. The molecule has 1 amide bonds. The van der Waals surface area contributed by atoms with E-state index in [1.165, 1.54) is 23.9 Å². The van der Waals surface area contributed by atoms with Gasteiger partial charge in [0, 0.05) is 22.2 Å². The summed E-state index contributed by atoms with van der Waals surface area (Å²) in [5.41, 5.74) is 1.56. The van der Waals surface area contributed by atoms with Crippen molar-refractivity contribution in [2.45, 2.75) is 32.3 Å². The second kappa shape index (κ2) is 7.99. The van der Waals surface area contributed by atoms with Crippen LogP contribution in [0.1, 0.15) is 12.8 Å². The van der Waals surface area contributed by atoms with Gasteiger partial charge in [0.15, 0.2) is 14.6 Å². The molecule has 0 spiro atoms. The van der Waals surface area contributed by atoms with Crippen LogP contribution in [0.3, 0.4) is 0 Å². The Hall–Kier alpha value is -1.55. The molecule has 1 aromatic carbocycles. The summed E-state index contributed by atoms with van der Waals surface area (Å²) in [4.78, 5) is 18.2. The van der Waals surface area contributed by atoms with Gasteiger partial charge >= 0.3 is 0 Å². The molecule has 0 aliphatic carbocycles. The molecule has 1 aliphatic rings. The summed E-state index contributed by atoms with van der Waals surface area (Å²) < 4.78 is 24.7. The lowest BCUT2D eigenvalue weighted by molar-refractivity contribution is -0.132. The molecule has 1 aliphatic heterocycles. The predicted molar refractivity (Wildman–Crippen MR) is 101 cm³/mol. The molecule has 0 atom stereocenters. The van der Waals surface area contributed by atoms with Gasteiger partial charge in [-0.2, -0.15) is 11.8 Å². The third-order valence-corrected chi connectivity index (χ3v) is 8.87. The van der Waals surface area contributed by atoms with Crippen LogP contribution in [0.25, 0.3) is 0 Å². The lowest BCUT2D eigenvalue weighted by Gasteiger charge is -2.34. The van der Waals surface area contributed by atoms with Gasteiger partial charge in [-0.3, -0.25) is 15.0 Å². The lowest BCUT2D eigenvalue weighted by atomic mass is 10.0. The molecule has 2 aromatic rings. The van der Waals surface area contributed by atoms with Crippen LogP contribution in [0.4, 0.5) is 0 Å². The quantitative estimate of drug-likeness (QED) is 0.578. The number of amides is 1. The van der Waals surface area contributed by atoms with Crippen molar-refractivity contribution < 1.29 is 18.4 Å². The van der Waals surface area contributed by atoms with Crippen molar-refractivity contribution in [2.24, 2.45) is 0 Å². The molecule has 0 bridgehead atoms. The minimum Gasteiger partial charge on any atom is -0.289 e. The maximum absolute atomic E-state index is 13.2. The van der Waals surface area contributed by atoms with Gasteiger partial charge in [0.2, 0.25) is 0 Å². The number of carbonyl (C=O) groups is 1. The highest BCUT2D eigenvalue weighted by Crippen LogP contribution is 2.39. The number of hydrogen-bond donors (Lipinski definition) is 2. The Labute approximate surface area is 160 Å². The van der Waals surface area contributed by atoms with E-state index < -0.39 is 20.5 Å². The minimum atomic E-state index is -3.93. The van der Waals surface area contributed by atoms with Crippen LogP contribution in [0.2, 0.25) is 0 Å². The number of sulfone groups is 1. The maximum atomic E-state index is 13.2. The first-order chi connectivity index (χ1) is 12.5. The van der Waals surface area contributed by atoms with Crippen molar-refractivity contribution in [1.29, 1.82) is 0 Å². The Morgan fingerprint density at radius 3 is 2.23 bits per heavy atom. The number of rotatable bonds is 5. The van der Waals surface area contributed by atoms with E-state index >= 15 is 0 Å². The second-order valence-electron chi connectivity index (χ2n) is 5.81. The number of nitrogens with zero attached hydrogens (tertiary/aromatic N) is 1. The third kappa shape index (κ3) is 3.62. The number of pyridine rings is 1. The van der Waals surface area contributed by atoms with Gasteiger partial charge < -0.3 is 0 Å². The van der Waals surface area contributed by atoms with Crippen LogP contribution < -0.4 is 5.48 Å². The van der Waals surface area contributed by atoms with Crippen molar-refractivity contribution in [3.8, 4) is 0 Å². The Kier molecular flexibility index (Phi) is 5.91. The van der Waals surface area contributed by atoms with E-state index in [1.54, 1.807) is 41.8 Å². The number of hydroxylamine groups is 1. The number of benzene rings is 1. The van der Waals surface area contributed by atoms with Crippen LogP contribution in [0, 0.1) is 0 Å². The first kappa shape index (κ1) is 19.2. The number of thioether (sulfide) groups is 1. The monoisotopic (exact) mass is 410 g/mol. The van der Waals surface area contributed by atoms with Crippen LogP contribution in [0.5, 0.6) is 0 Å². The second-order valence-corrected chi connectivity index (χ2v) is 10.4. The molecule has 2 heterocycles. The highest BCUT2D eigenvalue weighted by Gasteiger charge is 2.51. The molecule has 0 unspecified atom stereocenters. The van der Waals surface area contributed by atoms with Crippen molar-refractivity contribution >= 4 is 39.3 Å². The fraction of sp³-hybridized carbons (Fsp3) is 0.294. The van der Waals surface area contributed by atoms with Gasteiger partial charge in [-0.15, -0.1) is 0 Å². The average molecular weight is 411 g/mol. The molecule has 0 saturated carbocycles. The molecule has 3 rings (SSSR count). The van der Waals surface area contributed by atoms with E-state index in [0.29, 0.717) is 11.5 Å². The summed E-state index contributed by atoms with van der Waals surface area (Å²) in [6.07, 6.45) is 3.75. The fourth-order valence-corrected chi connectivity index (χ4v) is 7.10. The summed E-state index contributed by atoms with van der Waals surface area (Å²) in [6.45, 7) is 0. The minimum absolute atomic E-state index is 0.0899. The first-order valence-corrected chi connectivity index (χ1v) is 11.4. The van der Waals surface area contributed by atoms with E-state index in [4.69, 9.17) is 5.21 Å². The zero-order chi connectivity index (χ0) is 18.6. The molecule has 2 N–H and O–H groups in total. The maximum Gasteiger partial charge on any atom is 0.265 e. The number of aromatic nitrogens is 1. The summed E-state index contributed by atoms with van der Waals surface area (Å²) in [5, 5.41) is 9.09. The number of hydrogen-bond acceptors (Lipinski definition) is 7. The Balaban J connectivity index is 1.90. The number of nitrogens with one attached hydrogen (secondary N) is 1. The summed E-state index contributed by atoms with van der Waals surface area (Å²) in [5.74, 6) is 0.263. The van der Waals surface area contributed by atoms with Crippen molar-refractivity contribution in [1.82, 2.24) is 10.5 Å². The molecule has 138 valence electrons. The molecule has 9 heteroatoms. The van der Waals surface area contributed by atoms with Gasteiger partial charge in [-0.05, 0) is 60.7 Å². The Morgan fingerprint density at radius 2 is 1.65 bits per heavy atom. The Bertz CT molecular complexity index is 865. The van der Waals surface area contributed by atoms with Gasteiger partial charge in [-0.25, -0.2) is 13.9 Å². The largest absolute Gasteiger partial charge is 0.289 e. The lowest BCUT2D eigenvalue weighted by Crippen LogP contribution is -2.53. The molecule has 1 saturated heterocycles. The van der Waals surface area contributed by atoms with E-state index in [2.05, 4.69) is 4.98 Å². The Morgan fingerprint density at radius 1 is 1.08 bits per heavy atom. The fourth-order valence-electron chi connectivity index (χ4n) is 2.88. The normalized spacial score (nSPS) is 16.8. The first-order valence-electron chi connectivity index (χ1n) is 7.94. The zero-order valence-electron chi connectivity index (χ0n) is 13.8. The summed E-state index contributed by atoms with van der Waals surface area (Å²) >= 11 is 3.10. The van der Waals surface area contributed by atoms with Gasteiger partial charge in [0.25, 0.3) is 5.91 Å². The van der Waals surface area contributed by atoms with Crippen molar-refractivity contribution in [3.63, 3.8) is 0 Å². The van der Waals surface area contributed by atoms with E-state index in [1.807, 2.05) is 12.1 Å². The van der Waals surface area contributed by atoms with Crippen molar-refractivity contribution in [3.05, 3.63) is 48.8 Å². The standard InChI is InChI=1S/C17H18N2O4S3/c20-16(19-21)17(7-11-24-12-8-17)26(22,23)15-3-1-13(2-4-15)25-14-5-9-18-10-6-14/h1-6,9-10,21H,7-8,11-12H2,(H,19,20). The third-order valence-electron chi connectivity index (χ3n) is 4.35. The average Bonchev–Trinajstić information content (AvgIpc) is 2.69. The molecular weight excluding hydrogens is 392 g/mol.